The Hall–Kier alpha value is -2.66. The standard InChI is InChI=1S/C21H18ClIN2O6/c1-11(2)10-30-19-15(23)6-12(8-18(19)29-3)7-16-21(26)31-20(24-16)13-4-5-14(22)17(9-13)25(27)28/h4-9,11H,10H2,1-3H3/b16-7-. The molecule has 2 aromatic carbocycles. The fraction of sp³-hybridized carbons (Fsp3) is 0.238. The lowest BCUT2D eigenvalue weighted by Gasteiger charge is -2.15. The summed E-state index contributed by atoms with van der Waals surface area (Å²) >= 11 is 7.97. The van der Waals surface area contributed by atoms with E-state index in [9.17, 15) is 14.9 Å². The first-order chi connectivity index (χ1) is 14.7. The molecule has 10 heteroatoms. The predicted molar refractivity (Wildman–Crippen MR) is 125 cm³/mol. The summed E-state index contributed by atoms with van der Waals surface area (Å²) in [4.78, 5) is 27.0. The molecule has 0 saturated heterocycles. The third-order valence-corrected chi connectivity index (χ3v) is 5.25. The number of esters is 1. The van der Waals surface area contributed by atoms with Crippen LogP contribution in [-0.2, 0) is 9.53 Å². The van der Waals surface area contributed by atoms with Crippen LogP contribution in [0.25, 0.3) is 6.08 Å². The second kappa shape index (κ2) is 9.65. The lowest BCUT2D eigenvalue weighted by atomic mass is 10.1. The van der Waals surface area contributed by atoms with Gasteiger partial charge in [-0.3, -0.25) is 10.1 Å². The number of carbonyl (C=O) groups is 1. The molecule has 1 aliphatic heterocycles. The molecule has 3 rings (SSSR count). The minimum Gasteiger partial charge on any atom is -0.493 e. The van der Waals surface area contributed by atoms with Crippen molar-refractivity contribution in [3.63, 3.8) is 0 Å². The maximum Gasteiger partial charge on any atom is 0.363 e. The number of carbonyl (C=O) groups excluding carboxylic acids is 1. The first-order valence-corrected chi connectivity index (χ1v) is 10.6. The Bertz CT molecular complexity index is 1110. The highest BCUT2D eigenvalue weighted by molar-refractivity contribution is 14.1. The van der Waals surface area contributed by atoms with Gasteiger partial charge in [0.2, 0.25) is 5.90 Å². The van der Waals surface area contributed by atoms with Crippen LogP contribution in [0.2, 0.25) is 5.02 Å². The van der Waals surface area contributed by atoms with Gasteiger partial charge in [0.25, 0.3) is 5.69 Å². The summed E-state index contributed by atoms with van der Waals surface area (Å²) in [6.45, 7) is 4.64. The predicted octanol–water partition coefficient (Wildman–Crippen LogP) is 5.24. The van der Waals surface area contributed by atoms with Gasteiger partial charge in [0, 0.05) is 11.6 Å². The summed E-state index contributed by atoms with van der Waals surface area (Å²) < 4.78 is 17.3. The van der Waals surface area contributed by atoms with Crippen molar-refractivity contribution in [3.05, 3.63) is 65.9 Å². The molecule has 0 unspecified atom stereocenters. The summed E-state index contributed by atoms with van der Waals surface area (Å²) in [5.74, 6) is 0.817. The van der Waals surface area contributed by atoms with E-state index in [1.54, 1.807) is 12.1 Å². The number of nitro groups is 1. The van der Waals surface area contributed by atoms with Crippen molar-refractivity contribution < 1.29 is 23.9 Å². The molecule has 0 saturated carbocycles. The Labute approximate surface area is 197 Å². The zero-order valence-corrected chi connectivity index (χ0v) is 19.8. The largest absolute Gasteiger partial charge is 0.493 e. The highest BCUT2D eigenvalue weighted by atomic mass is 127. The van der Waals surface area contributed by atoms with Crippen LogP contribution in [0.1, 0.15) is 25.0 Å². The molecule has 1 aliphatic rings. The van der Waals surface area contributed by atoms with Gasteiger partial charge < -0.3 is 14.2 Å². The molecule has 2 aromatic rings. The fourth-order valence-corrected chi connectivity index (χ4v) is 3.66. The molecule has 0 atom stereocenters. The molecule has 0 aliphatic carbocycles. The van der Waals surface area contributed by atoms with Gasteiger partial charge in [0.1, 0.15) is 5.02 Å². The first-order valence-electron chi connectivity index (χ1n) is 9.16. The van der Waals surface area contributed by atoms with E-state index in [0.29, 0.717) is 29.6 Å². The van der Waals surface area contributed by atoms with Crippen molar-refractivity contribution in [1.82, 2.24) is 0 Å². The van der Waals surface area contributed by atoms with Crippen LogP contribution in [0, 0.1) is 19.6 Å². The van der Waals surface area contributed by atoms with E-state index in [2.05, 4.69) is 41.4 Å². The van der Waals surface area contributed by atoms with Gasteiger partial charge in [-0.1, -0.05) is 25.4 Å². The van der Waals surface area contributed by atoms with Crippen LogP contribution >= 0.6 is 34.2 Å². The Balaban J connectivity index is 1.94. The number of methoxy groups -OCH3 is 1. The third-order valence-electron chi connectivity index (χ3n) is 4.13. The molecule has 0 amide bonds. The molecular weight excluding hydrogens is 539 g/mol. The first kappa shape index (κ1) is 23.0. The van der Waals surface area contributed by atoms with Crippen LogP contribution in [0.3, 0.4) is 0 Å². The number of nitro benzene ring substituents is 1. The van der Waals surface area contributed by atoms with Crippen LogP contribution in [-0.4, -0.2) is 30.5 Å². The number of hydrogen-bond acceptors (Lipinski definition) is 7. The highest BCUT2D eigenvalue weighted by Crippen LogP contribution is 2.35. The van der Waals surface area contributed by atoms with Crippen LogP contribution < -0.4 is 9.47 Å². The molecule has 0 N–H and O–H groups in total. The normalized spacial score (nSPS) is 14.6. The molecule has 0 fully saturated rings. The maximum atomic E-state index is 12.3. The molecule has 31 heavy (non-hydrogen) atoms. The molecular formula is C21H18ClIN2O6. The molecule has 0 aromatic heterocycles. The average molecular weight is 557 g/mol. The Morgan fingerprint density at radius 3 is 2.71 bits per heavy atom. The molecule has 0 spiro atoms. The Kier molecular flexibility index (Phi) is 7.16. The highest BCUT2D eigenvalue weighted by Gasteiger charge is 2.26. The number of aliphatic imine (C=N–C) groups is 1. The quantitative estimate of drug-likeness (QED) is 0.152. The van der Waals surface area contributed by atoms with Gasteiger partial charge in [-0.25, -0.2) is 9.79 Å². The molecule has 1 heterocycles. The molecule has 0 bridgehead atoms. The van der Waals surface area contributed by atoms with Crippen LogP contribution in [0.15, 0.2) is 41.0 Å². The van der Waals surface area contributed by atoms with Crippen molar-refractivity contribution in [2.45, 2.75) is 13.8 Å². The number of benzene rings is 2. The summed E-state index contributed by atoms with van der Waals surface area (Å²) in [5.41, 5.74) is 0.697. The van der Waals surface area contributed by atoms with E-state index in [4.69, 9.17) is 25.8 Å². The van der Waals surface area contributed by atoms with Gasteiger partial charge in [-0.05, 0) is 64.4 Å². The van der Waals surface area contributed by atoms with Crippen LogP contribution in [0.4, 0.5) is 5.69 Å². The number of ether oxygens (including phenoxy) is 3. The summed E-state index contributed by atoms with van der Waals surface area (Å²) in [6.07, 6.45) is 1.55. The van der Waals surface area contributed by atoms with Crippen molar-refractivity contribution in [2.75, 3.05) is 13.7 Å². The summed E-state index contributed by atoms with van der Waals surface area (Å²) in [7, 11) is 1.54. The summed E-state index contributed by atoms with van der Waals surface area (Å²) in [6, 6.07) is 7.63. The van der Waals surface area contributed by atoms with E-state index in [1.807, 2.05) is 6.07 Å². The van der Waals surface area contributed by atoms with Gasteiger partial charge in [-0.2, -0.15) is 0 Å². The zero-order valence-electron chi connectivity index (χ0n) is 16.8. The van der Waals surface area contributed by atoms with Crippen molar-refractivity contribution in [1.29, 1.82) is 0 Å². The monoisotopic (exact) mass is 556 g/mol. The van der Waals surface area contributed by atoms with Gasteiger partial charge >= 0.3 is 5.97 Å². The van der Waals surface area contributed by atoms with Crippen molar-refractivity contribution in [3.8, 4) is 11.5 Å². The lowest BCUT2D eigenvalue weighted by Crippen LogP contribution is -2.07. The summed E-state index contributed by atoms with van der Waals surface area (Å²) in [5, 5.41) is 11.1. The second-order valence-corrected chi connectivity index (χ2v) is 8.57. The Morgan fingerprint density at radius 2 is 2.06 bits per heavy atom. The topological polar surface area (TPSA) is 100 Å². The number of halogens is 2. The van der Waals surface area contributed by atoms with E-state index < -0.39 is 10.9 Å². The van der Waals surface area contributed by atoms with E-state index >= 15 is 0 Å². The molecule has 0 radical (unpaired) electrons. The third kappa shape index (κ3) is 5.34. The maximum absolute atomic E-state index is 12.3. The SMILES string of the molecule is COc1cc(/C=C2\N=C(c3ccc(Cl)c([N+](=O)[O-])c3)OC2=O)cc(I)c1OCC(C)C. The fourth-order valence-electron chi connectivity index (χ4n) is 2.69. The van der Waals surface area contributed by atoms with Gasteiger partial charge in [0.15, 0.2) is 17.2 Å². The van der Waals surface area contributed by atoms with E-state index in [1.165, 1.54) is 25.3 Å². The van der Waals surface area contributed by atoms with E-state index in [-0.39, 0.29) is 27.9 Å². The van der Waals surface area contributed by atoms with E-state index in [0.717, 1.165) is 3.57 Å². The Morgan fingerprint density at radius 1 is 1.32 bits per heavy atom. The number of rotatable bonds is 7. The average Bonchev–Trinajstić information content (AvgIpc) is 3.07. The van der Waals surface area contributed by atoms with Gasteiger partial charge in [-0.15, -0.1) is 0 Å². The second-order valence-electron chi connectivity index (χ2n) is 7.00. The van der Waals surface area contributed by atoms with Crippen molar-refractivity contribution >= 4 is 57.8 Å². The lowest BCUT2D eigenvalue weighted by molar-refractivity contribution is -0.384. The van der Waals surface area contributed by atoms with Crippen molar-refractivity contribution in [2.24, 2.45) is 10.9 Å². The number of nitrogens with zero attached hydrogens (tertiary/aromatic N) is 2. The number of cyclic esters (lactones) is 1. The molecule has 162 valence electrons. The number of hydrogen-bond donors (Lipinski definition) is 0. The minimum absolute atomic E-state index is 0.0177. The van der Waals surface area contributed by atoms with Crippen LogP contribution in [0.5, 0.6) is 11.5 Å². The minimum atomic E-state index is -0.665. The molecule has 8 nitrogen and oxygen atoms in total. The zero-order chi connectivity index (χ0) is 22.7. The smallest absolute Gasteiger partial charge is 0.363 e. The van der Waals surface area contributed by atoms with Gasteiger partial charge in [0.05, 0.1) is 22.2 Å².